The van der Waals surface area contributed by atoms with Crippen LogP contribution in [0.25, 0.3) is 0 Å². The highest BCUT2D eigenvalue weighted by molar-refractivity contribution is 6.19. The lowest BCUT2D eigenvalue weighted by Gasteiger charge is -2.07. The van der Waals surface area contributed by atoms with Crippen molar-refractivity contribution in [1.29, 1.82) is 0 Å². The molecule has 7 heteroatoms. The van der Waals surface area contributed by atoms with Crippen LogP contribution in [-0.4, -0.2) is 27.9 Å². The monoisotopic (exact) mass is 320 g/mol. The molecular formula is C15H17ClN4O2. The van der Waals surface area contributed by atoms with Crippen LogP contribution >= 0.6 is 11.6 Å². The number of carbonyl (C=O) groups is 2. The molecule has 0 aliphatic rings. The number of aromatic amines is 1. The van der Waals surface area contributed by atoms with Crippen molar-refractivity contribution in [3.05, 3.63) is 41.2 Å². The van der Waals surface area contributed by atoms with Crippen LogP contribution in [0.15, 0.2) is 24.3 Å². The Kier molecular flexibility index (Phi) is 5.16. The third-order valence-electron chi connectivity index (χ3n) is 3.12. The average Bonchev–Trinajstić information content (AvgIpc) is 2.80. The molecule has 0 fully saturated rings. The van der Waals surface area contributed by atoms with Crippen molar-refractivity contribution in [2.75, 3.05) is 16.5 Å². The van der Waals surface area contributed by atoms with Gasteiger partial charge in [0.25, 0.3) is 5.91 Å². The Hall–Kier alpha value is -2.34. The van der Waals surface area contributed by atoms with Crippen molar-refractivity contribution < 1.29 is 9.59 Å². The van der Waals surface area contributed by atoms with E-state index in [4.69, 9.17) is 11.6 Å². The number of carbonyl (C=O) groups excluding carboxylic acids is 2. The lowest BCUT2D eigenvalue weighted by molar-refractivity contribution is -0.115. The standard InChI is InChI=1S/C15H17ClN4O2/c1-9-14(10(2)20-19-9)18-15(22)11-3-5-12(6-4-11)17-13(21)7-8-16/h3-6H,7-8H2,1-2H3,(H,17,21)(H,18,22)(H,19,20). The third-order valence-corrected chi connectivity index (χ3v) is 3.31. The summed E-state index contributed by atoms with van der Waals surface area (Å²) in [6, 6.07) is 6.65. The van der Waals surface area contributed by atoms with E-state index in [1.165, 1.54) is 0 Å². The second-order valence-electron chi connectivity index (χ2n) is 4.83. The summed E-state index contributed by atoms with van der Waals surface area (Å²) in [5.74, 6) is -0.112. The van der Waals surface area contributed by atoms with Crippen molar-refractivity contribution in [1.82, 2.24) is 10.2 Å². The van der Waals surface area contributed by atoms with E-state index in [0.717, 1.165) is 11.4 Å². The molecular weight excluding hydrogens is 304 g/mol. The SMILES string of the molecule is Cc1n[nH]c(C)c1NC(=O)c1ccc(NC(=O)CCCl)cc1. The van der Waals surface area contributed by atoms with Crippen LogP contribution in [0.3, 0.4) is 0 Å². The first-order valence-corrected chi connectivity index (χ1v) is 7.33. The Balaban J connectivity index is 2.04. The Bertz CT molecular complexity index is 660. The topological polar surface area (TPSA) is 86.9 Å². The molecule has 0 saturated heterocycles. The fraction of sp³-hybridized carbons (Fsp3) is 0.267. The molecule has 3 N–H and O–H groups in total. The Morgan fingerprint density at radius 2 is 1.86 bits per heavy atom. The smallest absolute Gasteiger partial charge is 0.255 e. The molecule has 2 amide bonds. The number of nitrogens with zero attached hydrogens (tertiary/aromatic N) is 1. The Labute approximate surface area is 133 Å². The van der Waals surface area contributed by atoms with Crippen molar-refractivity contribution in [3.63, 3.8) is 0 Å². The fourth-order valence-electron chi connectivity index (χ4n) is 1.94. The van der Waals surface area contributed by atoms with Crippen LogP contribution in [0.5, 0.6) is 0 Å². The summed E-state index contributed by atoms with van der Waals surface area (Å²) in [4.78, 5) is 23.6. The highest BCUT2D eigenvalue weighted by atomic mass is 35.5. The molecule has 0 atom stereocenters. The number of hydrogen-bond acceptors (Lipinski definition) is 3. The Morgan fingerprint density at radius 1 is 1.18 bits per heavy atom. The summed E-state index contributed by atoms with van der Waals surface area (Å²) in [5.41, 5.74) is 3.34. The van der Waals surface area contributed by atoms with Crippen molar-refractivity contribution in [2.24, 2.45) is 0 Å². The summed E-state index contributed by atoms with van der Waals surface area (Å²) >= 11 is 5.50. The van der Waals surface area contributed by atoms with E-state index in [9.17, 15) is 9.59 Å². The molecule has 0 unspecified atom stereocenters. The molecule has 0 bridgehead atoms. The Morgan fingerprint density at radius 3 is 2.41 bits per heavy atom. The minimum absolute atomic E-state index is 0.156. The molecule has 0 aliphatic carbocycles. The highest BCUT2D eigenvalue weighted by Gasteiger charge is 2.12. The van der Waals surface area contributed by atoms with Gasteiger partial charge in [0.2, 0.25) is 5.91 Å². The van der Waals surface area contributed by atoms with E-state index in [1.54, 1.807) is 24.3 Å². The van der Waals surface area contributed by atoms with Gasteiger partial charge in [0.05, 0.1) is 17.1 Å². The summed E-state index contributed by atoms with van der Waals surface area (Å²) in [5, 5.41) is 12.4. The van der Waals surface area contributed by atoms with E-state index < -0.39 is 0 Å². The van der Waals surface area contributed by atoms with Crippen molar-refractivity contribution >= 4 is 34.8 Å². The molecule has 0 spiro atoms. The van der Waals surface area contributed by atoms with Crippen LogP contribution in [0, 0.1) is 13.8 Å². The van der Waals surface area contributed by atoms with Gasteiger partial charge in [-0.3, -0.25) is 14.7 Å². The molecule has 2 rings (SSSR count). The zero-order valence-corrected chi connectivity index (χ0v) is 13.1. The van der Waals surface area contributed by atoms with Gasteiger partial charge < -0.3 is 10.6 Å². The van der Waals surface area contributed by atoms with E-state index in [1.807, 2.05) is 13.8 Å². The summed E-state index contributed by atoms with van der Waals surface area (Å²) in [7, 11) is 0. The number of aryl methyl sites for hydroxylation is 2. The van der Waals surface area contributed by atoms with E-state index in [2.05, 4.69) is 20.8 Å². The maximum atomic E-state index is 12.2. The van der Waals surface area contributed by atoms with Crippen LogP contribution in [-0.2, 0) is 4.79 Å². The number of halogens is 1. The number of H-pyrrole nitrogens is 1. The molecule has 2 aromatic rings. The normalized spacial score (nSPS) is 10.3. The third kappa shape index (κ3) is 3.85. The molecule has 1 aromatic carbocycles. The number of alkyl halides is 1. The van der Waals surface area contributed by atoms with Crippen molar-refractivity contribution in [2.45, 2.75) is 20.3 Å². The number of nitrogens with one attached hydrogen (secondary N) is 3. The average molecular weight is 321 g/mol. The van der Waals surface area contributed by atoms with Gasteiger partial charge in [-0.05, 0) is 38.1 Å². The van der Waals surface area contributed by atoms with Gasteiger partial charge in [-0.25, -0.2) is 0 Å². The summed E-state index contributed by atoms with van der Waals surface area (Å²) in [6.07, 6.45) is 0.253. The number of hydrogen-bond donors (Lipinski definition) is 3. The maximum absolute atomic E-state index is 12.2. The van der Waals surface area contributed by atoms with Crippen LogP contribution < -0.4 is 10.6 Å². The number of aromatic nitrogens is 2. The van der Waals surface area contributed by atoms with Gasteiger partial charge in [-0.2, -0.15) is 5.10 Å². The van der Waals surface area contributed by atoms with Gasteiger partial charge in [-0.1, -0.05) is 0 Å². The highest BCUT2D eigenvalue weighted by Crippen LogP contribution is 2.18. The number of anilines is 2. The number of benzene rings is 1. The molecule has 1 aromatic heterocycles. The zero-order valence-electron chi connectivity index (χ0n) is 12.4. The van der Waals surface area contributed by atoms with Gasteiger partial charge in [-0.15, -0.1) is 11.6 Å². The van der Waals surface area contributed by atoms with Crippen LogP contribution in [0.2, 0.25) is 0 Å². The quantitative estimate of drug-likeness (QED) is 0.740. The van der Waals surface area contributed by atoms with Crippen molar-refractivity contribution in [3.8, 4) is 0 Å². The van der Waals surface area contributed by atoms with Gasteiger partial charge in [0.1, 0.15) is 0 Å². The molecule has 22 heavy (non-hydrogen) atoms. The largest absolute Gasteiger partial charge is 0.326 e. The van der Waals surface area contributed by atoms with Crippen LogP contribution in [0.4, 0.5) is 11.4 Å². The first-order valence-electron chi connectivity index (χ1n) is 6.80. The van der Waals surface area contributed by atoms with E-state index >= 15 is 0 Å². The first-order chi connectivity index (χ1) is 10.5. The van der Waals surface area contributed by atoms with Gasteiger partial charge in [0, 0.05) is 23.6 Å². The lowest BCUT2D eigenvalue weighted by Crippen LogP contribution is -2.14. The predicted octanol–water partition coefficient (Wildman–Crippen LogP) is 2.85. The van der Waals surface area contributed by atoms with E-state index in [0.29, 0.717) is 16.9 Å². The fourth-order valence-corrected chi connectivity index (χ4v) is 2.11. The molecule has 116 valence electrons. The maximum Gasteiger partial charge on any atom is 0.255 e. The van der Waals surface area contributed by atoms with E-state index in [-0.39, 0.29) is 24.1 Å². The number of amides is 2. The lowest BCUT2D eigenvalue weighted by atomic mass is 10.2. The second-order valence-corrected chi connectivity index (χ2v) is 5.21. The molecule has 0 radical (unpaired) electrons. The molecule has 0 saturated carbocycles. The van der Waals surface area contributed by atoms with Gasteiger partial charge in [0.15, 0.2) is 0 Å². The second kappa shape index (κ2) is 7.09. The number of rotatable bonds is 5. The van der Waals surface area contributed by atoms with Gasteiger partial charge >= 0.3 is 0 Å². The van der Waals surface area contributed by atoms with Crippen LogP contribution in [0.1, 0.15) is 28.2 Å². The molecule has 6 nitrogen and oxygen atoms in total. The predicted molar refractivity (Wildman–Crippen MR) is 86.4 cm³/mol. The summed E-state index contributed by atoms with van der Waals surface area (Å²) in [6.45, 7) is 3.65. The summed E-state index contributed by atoms with van der Waals surface area (Å²) < 4.78 is 0. The molecule has 0 aliphatic heterocycles. The first kappa shape index (κ1) is 16.0. The minimum atomic E-state index is -0.230. The minimum Gasteiger partial charge on any atom is -0.326 e. The molecule has 1 heterocycles. The zero-order chi connectivity index (χ0) is 16.1.